The Bertz CT molecular complexity index is 559. The Kier molecular flexibility index (Phi) is 5.86. The van der Waals surface area contributed by atoms with Crippen molar-refractivity contribution in [3.8, 4) is 0 Å². The maximum absolute atomic E-state index is 11.9. The second kappa shape index (κ2) is 8.29. The largest absolute Gasteiger partial charge is 0.464 e. The first-order chi connectivity index (χ1) is 11.7. The summed E-state index contributed by atoms with van der Waals surface area (Å²) < 4.78 is 5.44. The molecule has 0 spiro atoms. The molecule has 1 aromatic carbocycles. The summed E-state index contributed by atoms with van der Waals surface area (Å²) in [6, 6.07) is 9.46. The molecule has 2 fully saturated rings. The van der Waals surface area contributed by atoms with Gasteiger partial charge < -0.3 is 10.1 Å². The molecule has 1 amide bonds. The van der Waals surface area contributed by atoms with E-state index in [1.54, 1.807) is 24.3 Å². The van der Waals surface area contributed by atoms with Crippen molar-refractivity contribution in [2.75, 3.05) is 26.2 Å². The Balaban J connectivity index is 1.41. The van der Waals surface area contributed by atoms with Crippen LogP contribution in [0, 0.1) is 5.92 Å². The van der Waals surface area contributed by atoms with Crippen LogP contribution in [-0.4, -0.2) is 49.1 Å². The van der Waals surface area contributed by atoms with Crippen molar-refractivity contribution in [2.45, 2.75) is 38.1 Å². The van der Waals surface area contributed by atoms with Crippen LogP contribution in [0.1, 0.15) is 42.5 Å². The van der Waals surface area contributed by atoms with E-state index in [4.69, 9.17) is 4.74 Å². The van der Waals surface area contributed by atoms with E-state index in [1.165, 1.54) is 38.8 Å². The van der Waals surface area contributed by atoms with Crippen LogP contribution in [0.3, 0.4) is 0 Å². The lowest BCUT2D eigenvalue weighted by Gasteiger charge is -2.44. The van der Waals surface area contributed by atoms with Crippen LogP contribution in [0.2, 0.25) is 0 Å². The highest BCUT2D eigenvalue weighted by Crippen LogP contribution is 2.30. The fourth-order valence-electron chi connectivity index (χ4n) is 3.87. The van der Waals surface area contributed by atoms with Gasteiger partial charge in [-0.05, 0) is 50.9 Å². The summed E-state index contributed by atoms with van der Waals surface area (Å²) in [5, 5.41) is 2.62. The summed E-state index contributed by atoms with van der Waals surface area (Å²) in [5.41, 5.74) is 0.551. The second-order valence-electron chi connectivity index (χ2n) is 6.73. The molecule has 2 aliphatic heterocycles. The standard InChI is InChI=1S/C19H26N2O3/c22-18(13-20-19(23)15-7-2-1-3-8-15)24-14-16-9-6-12-21-11-5-4-10-17(16)21/h1-3,7-8,16-17H,4-6,9-14H2,(H,20,23). The number of hydrogen-bond donors (Lipinski definition) is 1. The smallest absolute Gasteiger partial charge is 0.325 e. The molecule has 2 saturated heterocycles. The fraction of sp³-hybridized carbons (Fsp3) is 0.579. The minimum Gasteiger partial charge on any atom is -0.464 e. The van der Waals surface area contributed by atoms with E-state index in [0.29, 0.717) is 24.1 Å². The normalized spacial score (nSPS) is 24.0. The van der Waals surface area contributed by atoms with Gasteiger partial charge in [0.1, 0.15) is 6.54 Å². The number of piperidine rings is 2. The summed E-state index contributed by atoms with van der Waals surface area (Å²) in [7, 11) is 0. The summed E-state index contributed by atoms with van der Waals surface area (Å²) in [6.45, 7) is 2.76. The number of nitrogens with zero attached hydrogens (tertiary/aromatic N) is 1. The number of carbonyl (C=O) groups is 2. The number of ether oxygens (including phenoxy) is 1. The van der Waals surface area contributed by atoms with E-state index < -0.39 is 0 Å². The lowest BCUT2D eigenvalue weighted by molar-refractivity contribution is -0.145. The molecule has 0 saturated carbocycles. The van der Waals surface area contributed by atoms with Gasteiger partial charge in [0.2, 0.25) is 0 Å². The monoisotopic (exact) mass is 330 g/mol. The Morgan fingerprint density at radius 2 is 1.88 bits per heavy atom. The number of benzene rings is 1. The maximum Gasteiger partial charge on any atom is 0.325 e. The summed E-state index contributed by atoms with van der Waals surface area (Å²) >= 11 is 0. The first kappa shape index (κ1) is 17.0. The SMILES string of the molecule is O=C(CNC(=O)c1ccccc1)OCC1CCCN2CCCCC12. The molecule has 2 heterocycles. The molecular formula is C19H26N2O3. The van der Waals surface area contributed by atoms with E-state index in [-0.39, 0.29) is 18.4 Å². The third kappa shape index (κ3) is 4.35. The average Bonchev–Trinajstić information content (AvgIpc) is 2.65. The fourth-order valence-corrected chi connectivity index (χ4v) is 3.87. The van der Waals surface area contributed by atoms with Crippen molar-refractivity contribution in [1.82, 2.24) is 10.2 Å². The highest BCUT2D eigenvalue weighted by atomic mass is 16.5. The van der Waals surface area contributed by atoms with E-state index in [2.05, 4.69) is 10.2 Å². The van der Waals surface area contributed by atoms with Crippen molar-refractivity contribution >= 4 is 11.9 Å². The highest BCUT2D eigenvalue weighted by molar-refractivity contribution is 5.95. The van der Waals surface area contributed by atoms with Gasteiger partial charge in [-0.15, -0.1) is 0 Å². The molecular weight excluding hydrogens is 304 g/mol. The second-order valence-corrected chi connectivity index (χ2v) is 6.73. The van der Waals surface area contributed by atoms with Gasteiger partial charge >= 0.3 is 5.97 Å². The zero-order chi connectivity index (χ0) is 16.8. The predicted octanol–water partition coefficient (Wildman–Crippen LogP) is 2.22. The Hall–Kier alpha value is -1.88. The van der Waals surface area contributed by atoms with Gasteiger partial charge in [-0.1, -0.05) is 24.6 Å². The van der Waals surface area contributed by atoms with E-state index in [0.717, 1.165) is 6.42 Å². The first-order valence-corrected chi connectivity index (χ1v) is 8.97. The number of carbonyl (C=O) groups excluding carboxylic acids is 2. The van der Waals surface area contributed by atoms with E-state index in [9.17, 15) is 9.59 Å². The molecule has 0 aliphatic carbocycles. The molecule has 5 heteroatoms. The molecule has 24 heavy (non-hydrogen) atoms. The number of rotatable bonds is 5. The van der Waals surface area contributed by atoms with Crippen LogP contribution in [-0.2, 0) is 9.53 Å². The van der Waals surface area contributed by atoms with Gasteiger partial charge in [-0.2, -0.15) is 0 Å². The van der Waals surface area contributed by atoms with Gasteiger partial charge in [0.25, 0.3) is 5.91 Å². The topological polar surface area (TPSA) is 58.6 Å². The van der Waals surface area contributed by atoms with Crippen LogP contribution in [0.5, 0.6) is 0 Å². The van der Waals surface area contributed by atoms with Gasteiger partial charge in [0.05, 0.1) is 6.61 Å². The van der Waals surface area contributed by atoms with Crippen LogP contribution < -0.4 is 5.32 Å². The zero-order valence-electron chi connectivity index (χ0n) is 14.1. The van der Waals surface area contributed by atoms with Gasteiger partial charge in [-0.3, -0.25) is 14.5 Å². The van der Waals surface area contributed by atoms with Crippen molar-refractivity contribution in [3.63, 3.8) is 0 Å². The van der Waals surface area contributed by atoms with Crippen molar-refractivity contribution in [3.05, 3.63) is 35.9 Å². The van der Waals surface area contributed by atoms with Crippen molar-refractivity contribution < 1.29 is 14.3 Å². The Morgan fingerprint density at radius 3 is 2.71 bits per heavy atom. The Labute approximate surface area is 143 Å². The number of hydrogen-bond acceptors (Lipinski definition) is 4. The lowest BCUT2D eigenvalue weighted by Crippen LogP contribution is -2.49. The van der Waals surface area contributed by atoms with E-state index in [1.807, 2.05) is 6.07 Å². The van der Waals surface area contributed by atoms with Crippen molar-refractivity contribution in [2.24, 2.45) is 5.92 Å². The minimum atomic E-state index is -0.354. The minimum absolute atomic E-state index is 0.0746. The maximum atomic E-state index is 11.9. The predicted molar refractivity (Wildman–Crippen MR) is 91.7 cm³/mol. The van der Waals surface area contributed by atoms with Crippen LogP contribution in [0.15, 0.2) is 30.3 Å². The molecule has 0 aromatic heterocycles. The molecule has 130 valence electrons. The third-order valence-electron chi connectivity index (χ3n) is 5.12. The first-order valence-electron chi connectivity index (χ1n) is 8.97. The number of fused-ring (bicyclic) bond motifs is 1. The molecule has 2 aliphatic rings. The number of esters is 1. The van der Waals surface area contributed by atoms with Crippen molar-refractivity contribution in [1.29, 1.82) is 0 Å². The van der Waals surface area contributed by atoms with Gasteiger partial charge in [-0.25, -0.2) is 0 Å². The van der Waals surface area contributed by atoms with Crippen LogP contribution in [0.25, 0.3) is 0 Å². The van der Waals surface area contributed by atoms with Crippen LogP contribution >= 0.6 is 0 Å². The van der Waals surface area contributed by atoms with Crippen LogP contribution in [0.4, 0.5) is 0 Å². The molecule has 2 unspecified atom stereocenters. The number of amides is 1. The molecule has 0 radical (unpaired) electrons. The van der Waals surface area contributed by atoms with Gasteiger partial charge in [0.15, 0.2) is 0 Å². The quantitative estimate of drug-likeness (QED) is 0.841. The third-order valence-corrected chi connectivity index (χ3v) is 5.12. The molecule has 2 atom stereocenters. The molecule has 3 rings (SSSR count). The van der Waals surface area contributed by atoms with Gasteiger partial charge in [0, 0.05) is 17.5 Å². The van der Waals surface area contributed by atoms with E-state index >= 15 is 0 Å². The lowest BCUT2D eigenvalue weighted by atomic mass is 9.84. The molecule has 1 N–H and O–H groups in total. The average molecular weight is 330 g/mol. The zero-order valence-corrected chi connectivity index (χ0v) is 14.1. The summed E-state index contributed by atoms with van der Waals surface area (Å²) in [4.78, 5) is 26.4. The summed E-state index contributed by atoms with van der Waals surface area (Å²) in [6.07, 6.45) is 6.09. The number of nitrogens with one attached hydrogen (secondary N) is 1. The highest BCUT2D eigenvalue weighted by Gasteiger charge is 2.33. The molecule has 1 aromatic rings. The summed E-state index contributed by atoms with van der Waals surface area (Å²) in [5.74, 6) is -0.163. The Morgan fingerprint density at radius 1 is 1.08 bits per heavy atom. The molecule has 0 bridgehead atoms. The molecule has 5 nitrogen and oxygen atoms in total.